The van der Waals surface area contributed by atoms with Crippen molar-refractivity contribution in [1.82, 2.24) is 9.97 Å². The molecule has 25 heavy (non-hydrogen) atoms. The quantitative estimate of drug-likeness (QED) is 0.740. The molecule has 1 amide bonds. The number of aliphatic imine (C=N–C) groups is 1. The molecule has 1 aromatic carbocycles. The molecule has 6 nitrogen and oxygen atoms in total. The number of carbonyl (C=O) groups excluding carboxylic acids is 1. The number of fused-ring (bicyclic) bond motifs is 1. The SMILES string of the molecule is CC1=NCc2ccc(N(C(=O)OC(C)(C)C)c3ccnc(Cl)n3)cc21. The average molecular weight is 359 g/mol. The molecule has 0 aliphatic carbocycles. The first kappa shape index (κ1) is 17.4. The summed E-state index contributed by atoms with van der Waals surface area (Å²) in [6.45, 7) is 8.06. The number of hydrogen-bond acceptors (Lipinski definition) is 5. The van der Waals surface area contributed by atoms with E-state index in [4.69, 9.17) is 16.3 Å². The summed E-state index contributed by atoms with van der Waals surface area (Å²) >= 11 is 5.91. The van der Waals surface area contributed by atoms with Crippen molar-refractivity contribution in [3.8, 4) is 0 Å². The second-order valence-electron chi connectivity index (χ2n) is 6.74. The highest BCUT2D eigenvalue weighted by Gasteiger charge is 2.27. The first-order chi connectivity index (χ1) is 11.7. The smallest absolute Gasteiger partial charge is 0.420 e. The molecule has 0 atom stereocenters. The number of hydrogen-bond donors (Lipinski definition) is 0. The summed E-state index contributed by atoms with van der Waals surface area (Å²) in [6.07, 6.45) is 0.970. The van der Waals surface area contributed by atoms with Gasteiger partial charge in [0.25, 0.3) is 0 Å². The Labute approximate surface area is 151 Å². The van der Waals surface area contributed by atoms with Gasteiger partial charge in [-0.3, -0.25) is 4.99 Å². The number of carbonyl (C=O) groups is 1. The van der Waals surface area contributed by atoms with Gasteiger partial charge in [-0.05, 0) is 57.0 Å². The zero-order valence-corrected chi connectivity index (χ0v) is 15.3. The highest BCUT2D eigenvalue weighted by Crippen LogP contribution is 2.30. The molecule has 0 fully saturated rings. The Bertz CT molecular complexity index is 858. The van der Waals surface area contributed by atoms with Gasteiger partial charge < -0.3 is 4.74 Å². The Balaban J connectivity index is 2.07. The minimum atomic E-state index is -0.639. The molecule has 0 unspecified atom stereocenters. The summed E-state index contributed by atoms with van der Waals surface area (Å²) in [5.74, 6) is 0.349. The van der Waals surface area contributed by atoms with Gasteiger partial charge in [0, 0.05) is 23.5 Å². The van der Waals surface area contributed by atoms with Crippen LogP contribution in [-0.2, 0) is 11.3 Å². The van der Waals surface area contributed by atoms with Crippen molar-refractivity contribution < 1.29 is 9.53 Å². The van der Waals surface area contributed by atoms with Gasteiger partial charge in [-0.2, -0.15) is 4.98 Å². The van der Waals surface area contributed by atoms with Crippen molar-refractivity contribution in [2.75, 3.05) is 4.90 Å². The van der Waals surface area contributed by atoms with Gasteiger partial charge in [0.1, 0.15) is 11.4 Å². The molecule has 0 saturated heterocycles. The second kappa shape index (κ2) is 6.44. The van der Waals surface area contributed by atoms with Gasteiger partial charge in [-0.15, -0.1) is 0 Å². The number of rotatable bonds is 2. The zero-order chi connectivity index (χ0) is 18.2. The van der Waals surface area contributed by atoms with Gasteiger partial charge in [0.15, 0.2) is 0 Å². The van der Waals surface area contributed by atoms with Gasteiger partial charge in [0.05, 0.1) is 12.2 Å². The normalized spacial score (nSPS) is 13.2. The van der Waals surface area contributed by atoms with Gasteiger partial charge in [0.2, 0.25) is 5.28 Å². The molecule has 2 heterocycles. The monoisotopic (exact) mass is 358 g/mol. The van der Waals surface area contributed by atoms with Crippen molar-refractivity contribution in [2.45, 2.75) is 39.8 Å². The number of amides is 1. The van der Waals surface area contributed by atoms with Crippen molar-refractivity contribution in [2.24, 2.45) is 4.99 Å². The number of benzene rings is 1. The highest BCUT2D eigenvalue weighted by atomic mass is 35.5. The number of anilines is 2. The molecule has 0 spiro atoms. The summed E-state index contributed by atoms with van der Waals surface area (Å²) in [5, 5.41) is 0.0601. The lowest BCUT2D eigenvalue weighted by Crippen LogP contribution is -2.34. The topological polar surface area (TPSA) is 67.7 Å². The minimum Gasteiger partial charge on any atom is -0.443 e. The van der Waals surface area contributed by atoms with Crippen LogP contribution in [0.2, 0.25) is 5.28 Å². The molecule has 0 saturated carbocycles. The zero-order valence-electron chi connectivity index (χ0n) is 14.6. The standard InChI is InChI=1S/C18H19ClN4O2/c1-11-14-9-13(6-5-12(14)10-21-11)23(17(24)25-18(2,3)4)15-7-8-20-16(19)22-15/h5-9H,10H2,1-4H3. The molecular weight excluding hydrogens is 340 g/mol. The average Bonchev–Trinajstić information content (AvgIpc) is 2.87. The molecule has 1 aliphatic rings. The molecule has 3 rings (SSSR count). The number of nitrogens with zero attached hydrogens (tertiary/aromatic N) is 4. The van der Waals surface area contributed by atoms with Crippen molar-refractivity contribution in [3.05, 3.63) is 46.9 Å². The van der Waals surface area contributed by atoms with Crippen molar-refractivity contribution >= 4 is 34.9 Å². The Morgan fingerprint density at radius 1 is 1.28 bits per heavy atom. The van der Waals surface area contributed by atoms with Crippen LogP contribution in [0.3, 0.4) is 0 Å². The van der Waals surface area contributed by atoms with Crippen LogP contribution in [0, 0.1) is 0 Å². The van der Waals surface area contributed by atoms with Crippen LogP contribution in [0.15, 0.2) is 35.5 Å². The molecule has 1 aliphatic heterocycles. The van der Waals surface area contributed by atoms with Crippen LogP contribution in [0.1, 0.15) is 38.8 Å². The fourth-order valence-corrected chi connectivity index (χ4v) is 2.70. The van der Waals surface area contributed by atoms with E-state index in [1.807, 2.05) is 45.9 Å². The lowest BCUT2D eigenvalue weighted by atomic mass is 10.1. The summed E-state index contributed by atoms with van der Waals surface area (Å²) in [7, 11) is 0. The van der Waals surface area contributed by atoms with E-state index in [1.165, 1.54) is 11.1 Å². The summed E-state index contributed by atoms with van der Waals surface area (Å²) in [5.41, 5.74) is 3.10. The Morgan fingerprint density at radius 3 is 2.72 bits per heavy atom. The molecule has 2 aromatic rings. The van der Waals surface area contributed by atoms with E-state index < -0.39 is 11.7 Å². The largest absolute Gasteiger partial charge is 0.443 e. The Hall–Kier alpha value is -2.47. The molecule has 0 bridgehead atoms. The van der Waals surface area contributed by atoms with Gasteiger partial charge in [-0.1, -0.05) is 6.07 Å². The molecular formula is C18H19ClN4O2. The highest BCUT2D eigenvalue weighted by molar-refractivity contribution is 6.28. The third-order valence-corrected chi connectivity index (χ3v) is 3.83. The number of aromatic nitrogens is 2. The minimum absolute atomic E-state index is 0.0601. The van der Waals surface area contributed by atoms with Crippen LogP contribution in [0.5, 0.6) is 0 Å². The molecule has 130 valence electrons. The lowest BCUT2D eigenvalue weighted by molar-refractivity contribution is 0.0598. The van der Waals surface area contributed by atoms with Crippen LogP contribution in [-0.4, -0.2) is 27.4 Å². The lowest BCUT2D eigenvalue weighted by Gasteiger charge is -2.27. The maximum Gasteiger partial charge on any atom is 0.420 e. The third kappa shape index (κ3) is 3.79. The molecule has 0 N–H and O–H groups in total. The van der Waals surface area contributed by atoms with Gasteiger partial charge in [-0.25, -0.2) is 14.7 Å². The predicted molar refractivity (Wildman–Crippen MR) is 97.8 cm³/mol. The maximum atomic E-state index is 12.8. The van der Waals surface area contributed by atoms with Crippen LogP contribution < -0.4 is 4.90 Å². The van der Waals surface area contributed by atoms with E-state index in [0.29, 0.717) is 18.1 Å². The van der Waals surface area contributed by atoms with E-state index in [0.717, 1.165) is 16.8 Å². The predicted octanol–water partition coefficient (Wildman–Crippen LogP) is 4.53. The number of halogens is 1. The van der Waals surface area contributed by atoms with E-state index in [2.05, 4.69) is 15.0 Å². The maximum absolute atomic E-state index is 12.8. The van der Waals surface area contributed by atoms with Crippen molar-refractivity contribution in [1.29, 1.82) is 0 Å². The number of ether oxygens (including phenoxy) is 1. The van der Waals surface area contributed by atoms with Crippen molar-refractivity contribution in [3.63, 3.8) is 0 Å². The summed E-state index contributed by atoms with van der Waals surface area (Å²) in [4.78, 5) is 26.7. The second-order valence-corrected chi connectivity index (χ2v) is 7.08. The van der Waals surface area contributed by atoms with E-state index in [9.17, 15) is 4.79 Å². The van der Waals surface area contributed by atoms with E-state index in [-0.39, 0.29) is 5.28 Å². The summed E-state index contributed by atoms with van der Waals surface area (Å²) < 4.78 is 5.55. The molecule has 7 heteroatoms. The fourth-order valence-electron chi connectivity index (χ4n) is 2.56. The van der Waals surface area contributed by atoms with Crippen LogP contribution in [0.4, 0.5) is 16.3 Å². The Kier molecular flexibility index (Phi) is 4.47. The first-order valence-corrected chi connectivity index (χ1v) is 8.28. The van der Waals surface area contributed by atoms with E-state index in [1.54, 1.807) is 6.07 Å². The summed E-state index contributed by atoms with van der Waals surface area (Å²) in [6, 6.07) is 7.35. The van der Waals surface area contributed by atoms with Crippen LogP contribution in [0.25, 0.3) is 0 Å². The molecule has 1 aromatic heterocycles. The van der Waals surface area contributed by atoms with Crippen LogP contribution >= 0.6 is 11.6 Å². The third-order valence-electron chi connectivity index (χ3n) is 3.64. The molecule has 0 radical (unpaired) electrons. The fraction of sp³-hybridized carbons (Fsp3) is 0.333. The van der Waals surface area contributed by atoms with Gasteiger partial charge >= 0.3 is 6.09 Å². The van der Waals surface area contributed by atoms with E-state index >= 15 is 0 Å². The first-order valence-electron chi connectivity index (χ1n) is 7.90. The Morgan fingerprint density at radius 2 is 2.04 bits per heavy atom.